The van der Waals surface area contributed by atoms with E-state index in [4.69, 9.17) is 9.94 Å². The predicted molar refractivity (Wildman–Crippen MR) is 72.5 cm³/mol. The third kappa shape index (κ3) is 4.91. The second kappa shape index (κ2) is 8.19. The number of phenols is 1. The number of allylic oxidation sites excluding steroid dienone is 1. The first kappa shape index (κ1) is 16.0. The molecular weight excluding hydrogens is 262 g/mol. The molecule has 0 radical (unpaired) electrons. The normalized spacial score (nSPS) is 12.3. The van der Waals surface area contributed by atoms with Crippen LogP contribution in [-0.4, -0.2) is 28.4 Å². The molecule has 0 aliphatic heterocycles. The molecule has 0 spiro atoms. The lowest BCUT2D eigenvalue weighted by molar-refractivity contribution is -0.124. The van der Waals surface area contributed by atoms with Crippen LogP contribution in [0.1, 0.15) is 30.9 Å². The van der Waals surface area contributed by atoms with Crippen LogP contribution in [0.4, 0.5) is 0 Å². The Morgan fingerprint density at radius 3 is 2.85 bits per heavy atom. The molecule has 1 rings (SSSR count). The van der Waals surface area contributed by atoms with Gasteiger partial charge in [-0.25, -0.2) is 5.48 Å². The second-order valence-corrected chi connectivity index (χ2v) is 4.26. The Morgan fingerprint density at radius 2 is 2.25 bits per heavy atom. The molecule has 6 nitrogen and oxygen atoms in total. The number of hydroxylamine groups is 1. The molecule has 20 heavy (non-hydrogen) atoms. The van der Waals surface area contributed by atoms with Gasteiger partial charge in [0.15, 0.2) is 11.5 Å². The largest absolute Gasteiger partial charge is 0.504 e. The van der Waals surface area contributed by atoms with E-state index in [2.05, 4.69) is 0 Å². The monoisotopic (exact) mass is 281 g/mol. The Labute approximate surface area is 117 Å². The molecule has 1 amide bonds. The van der Waals surface area contributed by atoms with Gasteiger partial charge < -0.3 is 14.9 Å². The fraction of sp³-hybridized carbons (Fsp3) is 0.357. The minimum atomic E-state index is -0.688. The Morgan fingerprint density at radius 1 is 1.50 bits per heavy atom. The molecule has 0 saturated heterocycles. The zero-order valence-corrected chi connectivity index (χ0v) is 11.2. The van der Waals surface area contributed by atoms with Gasteiger partial charge in [0.1, 0.15) is 0 Å². The van der Waals surface area contributed by atoms with Gasteiger partial charge in [-0.15, -0.1) is 0 Å². The number of hydrogen-bond acceptors (Lipinski definition) is 5. The first-order chi connectivity index (χ1) is 9.58. The average molecular weight is 281 g/mol. The van der Waals surface area contributed by atoms with Crippen LogP contribution in [0.25, 0.3) is 0 Å². The highest BCUT2D eigenvalue weighted by Gasteiger charge is 2.10. The van der Waals surface area contributed by atoms with Crippen LogP contribution in [0.15, 0.2) is 30.4 Å². The van der Waals surface area contributed by atoms with Gasteiger partial charge in [-0.05, 0) is 37.0 Å². The number of methoxy groups -OCH3 is 1. The highest BCUT2D eigenvalue weighted by Crippen LogP contribution is 2.30. The van der Waals surface area contributed by atoms with Gasteiger partial charge in [-0.2, -0.15) is 0 Å². The van der Waals surface area contributed by atoms with Crippen molar-refractivity contribution in [1.29, 1.82) is 0 Å². The molecular formula is C14H19NO5. The van der Waals surface area contributed by atoms with Gasteiger partial charge in [0.05, 0.1) is 13.2 Å². The zero-order valence-electron chi connectivity index (χ0n) is 11.2. The quantitative estimate of drug-likeness (QED) is 0.264. The number of benzene rings is 1. The van der Waals surface area contributed by atoms with Crippen LogP contribution >= 0.6 is 0 Å². The first-order valence-electron chi connectivity index (χ1n) is 6.24. The Balaban J connectivity index is 2.43. The highest BCUT2D eigenvalue weighted by molar-refractivity contribution is 5.86. The van der Waals surface area contributed by atoms with E-state index in [9.17, 15) is 15.0 Å². The Kier molecular flexibility index (Phi) is 6.55. The molecule has 0 aliphatic rings. The highest BCUT2D eigenvalue weighted by atomic mass is 16.5. The van der Waals surface area contributed by atoms with Gasteiger partial charge in [0.2, 0.25) is 0 Å². The summed E-state index contributed by atoms with van der Waals surface area (Å²) < 4.78 is 4.93. The Bertz CT molecular complexity index is 473. The lowest BCUT2D eigenvalue weighted by Crippen LogP contribution is -2.14. The van der Waals surface area contributed by atoms with Crippen LogP contribution in [0.2, 0.25) is 0 Å². The number of carbonyl (C=O) groups is 1. The zero-order chi connectivity index (χ0) is 15.0. The van der Waals surface area contributed by atoms with E-state index in [1.165, 1.54) is 24.7 Å². The van der Waals surface area contributed by atoms with Crippen molar-refractivity contribution in [2.24, 2.45) is 0 Å². The summed E-state index contributed by atoms with van der Waals surface area (Å²) in [5.74, 6) is -0.229. The molecule has 1 atom stereocenters. The predicted octanol–water partition coefficient (Wildman–Crippen LogP) is 1.67. The van der Waals surface area contributed by atoms with Gasteiger partial charge in [0.25, 0.3) is 5.91 Å². The molecule has 1 aromatic rings. The summed E-state index contributed by atoms with van der Waals surface area (Å²) in [5.41, 5.74) is 2.10. The van der Waals surface area contributed by atoms with E-state index in [-0.39, 0.29) is 5.75 Å². The van der Waals surface area contributed by atoms with Crippen LogP contribution in [0.5, 0.6) is 11.5 Å². The van der Waals surface area contributed by atoms with Gasteiger partial charge >= 0.3 is 0 Å². The SMILES string of the molecule is COc1ccc([C@@H](O)CCC/C=C/C(=O)NO)cc1O. The van der Waals surface area contributed by atoms with E-state index < -0.39 is 12.0 Å². The van der Waals surface area contributed by atoms with Crippen LogP contribution < -0.4 is 10.2 Å². The van der Waals surface area contributed by atoms with Gasteiger partial charge in [-0.1, -0.05) is 12.1 Å². The number of amides is 1. The number of rotatable bonds is 7. The van der Waals surface area contributed by atoms with Crippen molar-refractivity contribution in [2.45, 2.75) is 25.4 Å². The third-order valence-electron chi connectivity index (χ3n) is 2.82. The summed E-state index contributed by atoms with van der Waals surface area (Å²) >= 11 is 0. The molecule has 0 aliphatic carbocycles. The van der Waals surface area contributed by atoms with Crippen molar-refractivity contribution in [2.75, 3.05) is 7.11 Å². The fourth-order valence-electron chi connectivity index (χ4n) is 1.74. The van der Waals surface area contributed by atoms with Crippen molar-refractivity contribution >= 4 is 5.91 Å². The van der Waals surface area contributed by atoms with Crippen LogP contribution in [0, 0.1) is 0 Å². The number of nitrogens with one attached hydrogen (secondary N) is 1. The maximum atomic E-state index is 10.7. The number of aromatic hydroxyl groups is 1. The number of ether oxygens (including phenoxy) is 1. The number of unbranched alkanes of at least 4 members (excludes halogenated alkanes) is 1. The summed E-state index contributed by atoms with van der Waals surface area (Å²) in [5, 5.41) is 27.9. The molecule has 1 aromatic carbocycles. The van der Waals surface area contributed by atoms with Crippen molar-refractivity contribution in [3.05, 3.63) is 35.9 Å². The first-order valence-corrected chi connectivity index (χ1v) is 6.24. The number of aliphatic hydroxyl groups excluding tert-OH is 1. The Hall–Kier alpha value is -2.05. The summed E-state index contributed by atoms with van der Waals surface area (Å²) in [4.78, 5) is 10.7. The number of aliphatic hydroxyl groups is 1. The molecule has 0 bridgehead atoms. The second-order valence-electron chi connectivity index (χ2n) is 4.26. The van der Waals surface area contributed by atoms with Crippen molar-refractivity contribution in [1.82, 2.24) is 5.48 Å². The summed E-state index contributed by atoms with van der Waals surface area (Å²) in [6.45, 7) is 0. The molecule has 0 heterocycles. The topological polar surface area (TPSA) is 99.0 Å². The maximum absolute atomic E-state index is 10.7. The third-order valence-corrected chi connectivity index (χ3v) is 2.82. The summed E-state index contributed by atoms with van der Waals surface area (Å²) in [6.07, 6.45) is 3.93. The van der Waals surface area contributed by atoms with E-state index in [0.717, 1.165) is 0 Å². The van der Waals surface area contributed by atoms with Crippen molar-refractivity contribution < 1.29 is 25.0 Å². The number of carbonyl (C=O) groups excluding carboxylic acids is 1. The minimum Gasteiger partial charge on any atom is -0.504 e. The van der Waals surface area contributed by atoms with E-state index in [0.29, 0.717) is 30.6 Å². The van der Waals surface area contributed by atoms with E-state index in [1.54, 1.807) is 18.2 Å². The van der Waals surface area contributed by atoms with Gasteiger partial charge in [0, 0.05) is 6.08 Å². The molecule has 0 fully saturated rings. The summed E-state index contributed by atoms with van der Waals surface area (Å²) in [7, 11) is 1.46. The van der Waals surface area contributed by atoms with E-state index in [1.807, 2.05) is 0 Å². The summed E-state index contributed by atoms with van der Waals surface area (Å²) in [6, 6.07) is 4.76. The van der Waals surface area contributed by atoms with Crippen LogP contribution in [-0.2, 0) is 4.79 Å². The smallest absolute Gasteiger partial charge is 0.267 e. The number of phenolic OH excluding ortho intramolecular Hbond substituents is 1. The van der Waals surface area contributed by atoms with Gasteiger partial charge in [-0.3, -0.25) is 10.0 Å². The number of hydrogen-bond donors (Lipinski definition) is 4. The van der Waals surface area contributed by atoms with E-state index >= 15 is 0 Å². The lowest BCUT2D eigenvalue weighted by atomic mass is 10.0. The van der Waals surface area contributed by atoms with Crippen LogP contribution in [0.3, 0.4) is 0 Å². The molecule has 0 unspecified atom stereocenters. The molecule has 0 aromatic heterocycles. The lowest BCUT2D eigenvalue weighted by Gasteiger charge is -2.12. The fourth-order valence-corrected chi connectivity index (χ4v) is 1.74. The average Bonchev–Trinajstić information content (AvgIpc) is 2.46. The van der Waals surface area contributed by atoms with Crippen molar-refractivity contribution in [3.63, 3.8) is 0 Å². The molecule has 4 N–H and O–H groups in total. The minimum absolute atomic E-state index is 0.0106. The standard InChI is InChI=1S/C14H19NO5/c1-20-13-8-7-10(9-12(13)17)11(16)5-3-2-4-6-14(18)15-19/h4,6-9,11,16-17,19H,2-3,5H2,1H3,(H,15,18)/b6-4+/t11-/m0/s1. The molecule has 6 heteroatoms. The van der Waals surface area contributed by atoms with Crippen molar-refractivity contribution in [3.8, 4) is 11.5 Å². The molecule has 0 saturated carbocycles. The maximum Gasteiger partial charge on any atom is 0.267 e. The molecule has 110 valence electrons.